The second-order valence-electron chi connectivity index (χ2n) is 5.22. The highest BCUT2D eigenvalue weighted by atomic mass is 16.2. The monoisotopic (exact) mass is 225 g/mol. The van der Waals surface area contributed by atoms with E-state index in [1.54, 1.807) is 0 Å². The summed E-state index contributed by atoms with van der Waals surface area (Å²) < 4.78 is 0. The highest BCUT2D eigenvalue weighted by Crippen LogP contribution is 2.39. The van der Waals surface area contributed by atoms with Crippen LogP contribution in [0.4, 0.5) is 0 Å². The third-order valence-electron chi connectivity index (χ3n) is 4.29. The number of carbonyl (C=O) groups excluding carboxylic acids is 1. The number of carbonyl (C=O) groups is 1. The van der Waals surface area contributed by atoms with Crippen molar-refractivity contribution in [2.75, 3.05) is 26.7 Å². The lowest BCUT2D eigenvalue weighted by Gasteiger charge is -2.31. The molecule has 1 saturated carbocycles. The molecule has 1 unspecified atom stereocenters. The van der Waals surface area contributed by atoms with Gasteiger partial charge in [0.15, 0.2) is 0 Å². The van der Waals surface area contributed by atoms with Crippen molar-refractivity contribution in [3.05, 3.63) is 0 Å². The molecule has 2 aliphatic rings. The molecule has 0 aromatic heterocycles. The molecule has 92 valence electrons. The van der Waals surface area contributed by atoms with Crippen molar-refractivity contribution < 1.29 is 4.79 Å². The SMILES string of the molecule is CNC1CCN(C(=O)C2(CN)CCCC2)C1. The van der Waals surface area contributed by atoms with Gasteiger partial charge in [-0.25, -0.2) is 0 Å². The topological polar surface area (TPSA) is 58.4 Å². The number of likely N-dealkylation sites (tertiary alicyclic amines) is 1. The maximum Gasteiger partial charge on any atom is 0.230 e. The molecular weight excluding hydrogens is 202 g/mol. The van der Waals surface area contributed by atoms with Gasteiger partial charge in [-0.1, -0.05) is 12.8 Å². The van der Waals surface area contributed by atoms with Gasteiger partial charge in [-0.2, -0.15) is 0 Å². The Morgan fingerprint density at radius 1 is 1.50 bits per heavy atom. The van der Waals surface area contributed by atoms with Gasteiger partial charge in [0.05, 0.1) is 5.41 Å². The molecule has 2 rings (SSSR count). The first-order valence-electron chi connectivity index (χ1n) is 6.38. The molecule has 0 aromatic rings. The molecule has 1 aliphatic heterocycles. The summed E-state index contributed by atoms with van der Waals surface area (Å²) in [4.78, 5) is 14.5. The van der Waals surface area contributed by atoms with E-state index in [1.165, 1.54) is 0 Å². The van der Waals surface area contributed by atoms with E-state index in [2.05, 4.69) is 5.32 Å². The summed E-state index contributed by atoms with van der Waals surface area (Å²) in [5.74, 6) is 0.310. The molecule has 4 nitrogen and oxygen atoms in total. The number of rotatable bonds is 3. The molecule has 0 aromatic carbocycles. The smallest absolute Gasteiger partial charge is 0.230 e. The Bertz CT molecular complexity index is 261. The fourth-order valence-corrected chi connectivity index (χ4v) is 3.07. The van der Waals surface area contributed by atoms with Crippen LogP contribution >= 0.6 is 0 Å². The van der Waals surface area contributed by atoms with E-state index in [9.17, 15) is 4.79 Å². The summed E-state index contributed by atoms with van der Waals surface area (Å²) in [6.07, 6.45) is 5.37. The predicted molar refractivity (Wildman–Crippen MR) is 64.0 cm³/mol. The largest absolute Gasteiger partial charge is 0.341 e. The van der Waals surface area contributed by atoms with E-state index < -0.39 is 0 Å². The normalized spacial score (nSPS) is 28.6. The predicted octanol–water partition coefficient (Wildman–Crippen LogP) is 0.326. The van der Waals surface area contributed by atoms with Crippen molar-refractivity contribution in [2.45, 2.75) is 38.1 Å². The number of nitrogens with one attached hydrogen (secondary N) is 1. The average Bonchev–Trinajstić information content (AvgIpc) is 2.98. The lowest BCUT2D eigenvalue weighted by atomic mass is 9.85. The maximum absolute atomic E-state index is 12.5. The van der Waals surface area contributed by atoms with Gasteiger partial charge in [0.1, 0.15) is 0 Å². The van der Waals surface area contributed by atoms with Crippen LogP contribution in [0.5, 0.6) is 0 Å². The van der Waals surface area contributed by atoms with Gasteiger partial charge < -0.3 is 16.0 Å². The number of hydrogen-bond acceptors (Lipinski definition) is 3. The van der Waals surface area contributed by atoms with Gasteiger partial charge in [0.25, 0.3) is 0 Å². The molecule has 1 aliphatic carbocycles. The van der Waals surface area contributed by atoms with E-state index in [1.807, 2.05) is 11.9 Å². The van der Waals surface area contributed by atoms with Crippen LogP contribution < -0.4 is 11.1 Å². The standard InChI is InChI=1S/C12H23N3O/c1-14-10-4-7-15(8-10)11(16)12(9-13)5-2-3-6-12/h10,14H,2-9,13H2,1H3. The van der Waals surface area contributed by atoms with Crippen LogP contribution in [0.25, 0.3) is 0 Å². The minimum atomic E-state index is -0.220. The molecule has 2 fully saturated rings. The van der Waals surface area contributed by atoms with Gasteiger partial charge in [0, 0.05) is 25.7 Å². The fourth-order valence-electron chi connectivity index (χ4n) is 3.07. The fraction of sp³-hybridized carbons (Fsp3) is 0.917. The van der Waals surface area contributed by atoms with Crippen LogP contribution in [-0.2, 0) is 4.79 Å². The molecule has 1 atom stereocenters. The zero-order chi connectivity index (χ0) is 11.6. The van der Waals surface area contributed by atoms with E-state index in [4.69, 9.17) is 5.73 Å². The second kappa shape index (κ2) is 4.72. The Labute approximate surface area is 97.6 Å². The van der Waals surface area contributed by atoms with Crippen molar-refractivity contribution in [1.29, 1.82) is 0 Å². The summed E-state index contributed by atoms with van der Waals surface area (Å²) in [6, 6.07) is 0.472. The molecule has 1 amide bonds. The number of nitrogens with zero attached hydrogens (tertiary/aromatic N) is 1. The Morgan fingerprint density at radius 3 is 2.69 bits per heavy atom. The van der Waals surface area contributed by atoms with Gasteiger partial charge in [-0.3, -0.25) is 4.79 Å². The summed E-state index contributed by atoms with van der Waals surface area (Å²) in [6.45, 7) is 2.27. The Hall–Kier alpha value is -0.610. The molecule has 3 N–H and O–H groups in total. The number of amides is 1. The molecule has 1 heterocycles. The second-order valence-corrected chi connectivity index (χ2v) is 5.22. The zero-order valence-corrected chi connectivity index (χ0v) is 10.2. The highest BCUT2D eigenvalue weighted by Gasteiger charge is 2.43. The van der Waals surface area contributed by atoms with E-state index in [0.717, 1.165) is 45.2 Å². The van der Waals surface area contributed by atoms with Crippen molar-refractivity contribution in [3.63, 3.8) is 0 Å². The molecule has 1 saturated heterocycles. The molecule has 16 heavy (non-hydrogen) atoms. The highest BCUT2D eigenvalue weighted by molar-refractivity contribution is 5.83. The molecule has 0 bridgehead atoms. The summed E-state index contributed by atoms with van der Waals surface area (Å²) in [7, 11) is 1.97. The van der Waals surface area contributed by atoms with E-state index in [0.29, 0.717) is 18.5 Å². The summed E-state index contributed by atoms with van der Waals surface area (Å²) in [5, 5.41) is 3.24. The third-order valence-corrected chi connectivity index (χ3v) is 4.29. The van der Waals surface area contributed by atoms with Crippen molar-refractivity contribution in [1.82, 2.24) is 10.2 Å². The lowest BCUT2D eigenvalue weighted by molar-refractivity contribution is -0.140. The summed E-state index contributed by atoms with van der Waals surface area (Å²) in [5.41, 5.74) is 5.62. The summed E-state index contributed by atoms with van der Waals surface area (Å²) >= 11 is 0. The minimum absolute atomic E-state index is 0.220. The van der Waals surface area contributed by atoms with Crippen molar-refractivity contribution in [3.8, 4) is 0 Å². The average molecular weight is 225 g/mol. The van der Waals surface area contributed by atoms with Crippen LogP contribution in [-0.4, -0.2) is 43.5 Å². The van der Waals surface area contributed by atoms with Gasteiger partial charge in [-0.15, -0.1) is 0 Å². The molecule has 0 spiro atoms. The minimum Gasteiger partial charge on any atom is -0.341 e. The lowest BCUT2D eigenvalue weighted by Crippen LogP contribution is -2.46. The van der Waals surface area contributed by atoms with Crippen LogP contribution in [0, 0.1) is 5.41 Å². The van der Waals surface area contributed by atoms with Gasteiger partial charge in [-0.05, 0) is 26.3 Å². The van der Waals surface area contributed by atoms with Crippen LogP contribution in [0.2, 0.25) is 0 Å². The van der Waals surface area contributed by atoms with Crippen molar-refractivity contribution >= 4 is 5.91 Å². The molecule has 0 radical (unpaired) electrons. The van der Waals surface area contributed by atoms with E-state index >= 15 is 0 Å². The van der Waals surface area contributed by atoms with E-state index in [-0.39, 0.29) is 5.41 Å². The third kappa shape index (κ3) is 1.96. The number of likely N-dealkylation sites (N-methyl/N-ethyl adjacent to an activating group) is 1. The van der Waals surface area contributed by atoms with Crippen LogP contribution in [0.3, 0.4) is 0 Å². The number of hydrogen-bond donors (Lipinski definition) is 2. The Kier molecular flexibility index (Phi) is 3.50. The van der Waals surface area contributed by atoms with Crippen molar-refractivity contribution in [2.24, 2.45) is 11.1 Å². The first kappa shape index (κ1) is 11.9. The Morgan fingerprint density at radius 2 is 2.19 bits per heavy atom. The molecular formula is C12H23N3O. The Balaban J connectivity index is 2.01. The first-order valence-corrected chi connectivity index (χ1v) is 6.38. The van der Waals surface area contributed by atoms with Crippen LogP contribution in [0.1, 0.15) is 32.1 Å². The zero-order valence-electron chi connectivity index (χ0n) is 10.2. The number of nitrogens with two attached hydrogens (primary N) is 1. The quantitative estimate of drug-likeness (QED) is 0.727. The first-order chi connectivity index (χ1) is 7.72. The molecule has 4 heteroatoms. The maximum atomic E-state index is 12.5. The van der Waals surface area contributed by atoms with Crippen LogP contribution in [0.15, 0.2) is 0 Å². The van der Waals surface area contributed by atoms with Gasteiger partial charge >= 0.3 is 0 Å². The van der Waals surface area contributed by atoms with Gasteiger partial charge in [0.2, 0.25) is 5.91 Å².